The van der Waals surface area contributed by atoms with Crippen molar-refractivity contribution < 1.29 is 18.0 Å². The van der Waals surface area contributed by atoms with Crippen molar-refractivity contribution in [3.63, 3.8) is 0 Å². The highest BCUT2D eigenvalue weighted by atomic mass is 19.4. The number of alkyl halides is 3. The maximum atomic E-state index is 12.8. The third kappa shape index (κ3) is 5.23. The minimum atomic E-state index is -4.46. The molecule has 0 aliphatic carbocycles. The molecule has 0 saturated heterocycles. The first-order valence-electron chi connectivity index (χ1n) is 6.42. The first-order chi connectivity index (χ1) is 10.1. The average molecular weight is 313 g/mol. The number of carbonyl (C=O) groups is 1. The predicted octanol–water partition coefficient (Wildman–Crippen LogP) is 2.72. The molecule has 0 atom stereocenters. The minimum absolute atomic E-state index is 0.0919. The van der Waals surface area contributed by atoms with Crippen molar-refractivity contribution in [3.05, 3.63) is 41.6 Å². The summed E-state index contributed by atoms with van der Waals surface area (Å²) in [6.07, 6.45) is -1.71. The van der Waals surface area contributed by atoms with Crippen LogP contribution in [0.3, 0.4) is 0 Å². The van der Waals surface area contributed by atoms with Crippen LogP contribution in [0.15, 0.2) is 35.5 Å². The number of hydrogen-bond acceptors (Lipinski definition) is 2. The van der Waals surface area contributed by atoms with Crippen LogP contribution in [0.5, 0.6) is 0 Å². The predicted molar refractivity (Wildman–Crippen MR) is 80.3 cm³/mol. The highest BCUT2D eigenvalue weighted by Crippen LogP contribution is 2.31. The zero-order chi connectivity index (χ0) is 16.9. The van der Waals surface area contributed by atoms with Crippen LogP contribution < -0.4 is 0 Å². The maximum absolute atomic E-state index is 12.8. The lowest BCUT2D eigenvalue weighted by atomic mass is 10.0. The van der Waals surface area contributed by atoms with Gasteiger partial charge < -0.3 is 9.80 Å². The van der Waals surface area contributed by atoms with Crippen molar-refractivity contribution in [3.8, 4) is 0 Å². The van der Waals surface area contributed by atoms with E-state index in [0.717, 1.165) is 12.1 Å². The molecule has 1 rings (SSSR count). The number of rotatable bonds is 4. The standard InChI is InChI=1S/C15H18F3N3O/c1-20(2)9-13(14(22)19-10-21(3)4)11-6-5-7-12(8-11)15(16,17)18/h5-10H,1-4H3/b13-9-,19-10?. The van der Waals surface area contributed by atoms with Gasteiger partial charge in [-0.15, -0.1) is 0 Å². The van der Waals surface area contributed by atoms with Crippen molar-refractivity contribution in [2.75, 3.05) is 28.2 Å². The molecule has 22 heavy (non-hydrogen) atoms. The second kappa shape index (κ2) is 7.11. The molecule has 120 valence electrons. The second-order valence-electron chi connectivity index (χ2n) is 5.10. The summed E-state index contributed by atoms with van der Waals surface area (Å²) >= 11 is 0. The van der Waals surface area contributed by atoms with Crippen LogP contribution in [0, 0.1) is 0 Å². The zero-order valence-electron chi connectivity index (χ0n) is 12.8. The number of aliphatic imine (C=N–C) groups is 1. The SMILES string of the molecule is CN(C)C=NC(=O)/C(=C\N(C)C)c1cccc(C(F)(F)F)c1. The van der Waals surface area contributed by atoms with E-state index in [1.165, 1.54) is 24.7 Å². The summed E-state index contributed by atoms with van der Waals surface area (Å²) in [4.78, 5) is 19.0. The molecule has 0 heterocycles. The number of carbonyl (C=O) groups excluding carboxylic acids is 1. The molecule has 0 aliphatic rings. The minimum Gasteiger partial charge on any atom is -0.383 e. The number of benzene rings is 1. The molecular weight excluding hydrogens is 295 g/mol. The molecule has 1 amide bonds. The Morgan fingerprint density at radius 2 is 1.77 bits per heavy atom. The molecule has 7 heteroatoms. The topological polar surface area (TPSA) is 35.9 Å². The molecule has 0 unspecified atom stereocenters. The Bertz CT molecular complexity index is 590. The van der Waals surface area contributed by atoms with Gasteiger partial charge in [0.1, 0.15) is 0 Å². The summed E-state index contributed by atoms with van der Waals surface area (Å²) in [6, 6.07) is 4.63. The first-order valence-corrected chi connectivity index (χ1v) is 6.42. The van der Waals surface area contributed by atoms with E-state index in [1.807, 2.05) is 0 Å². The third-order valence-corrected chi connectivity index (χ3v) is 2.52. The number of amides is 1. The van der Waals surface area contributed by atoms with Crippen LogP contribution in [-0.4, -0.2) is 50.2 Å². The Balaban J connectivity index is 3.27. The van der Waals surface area contributed by atoms with E-state index in [1.54, 1.807) is 38.0 Å². The van der Waals surface area contributed by atoms with Gasteiger partial charge in [-0.05, 0) is 17.7 Å². The fourth-order valence-electron chi connectivity index (χ4n) is 1.61. The van der Waals surface area contributed by atoms with Gasteiger partial charge in [-0.25, -0.2) is 0 Å². The Morgan fingerprint density at radius 3 is 2.27 bits per heavy atom. The van der Waals surface area contributed by atoms with E-state index in [2.05, 4.69) is 4.99 Å². The smallest absolute Gasteiger partial charge is 0.383 e. The lowest BCUT2D eigenvalue weighted by molar-refractivity contribution is -0.137. The number of hydrogen-bond donors (Lipinski definition) is 0. The van der Waals surface area contributed by atoms with Crippen LogP contribution in [0.1, 0.15) is 11.1 Å². The third-order valence-electron chi connectivity index (χ3n) is 2.52. The zero-order valence-corrected chi connectivity index (χ0v) is 12.8. The summed E-state index contributed by atoms with van der Waals surface area (Å²) in [6.45, 7) is 0. The second-order valence-corrected chi connectivity index (χ2v) is 5.10. The van der Waals surface area contributed by atoms with Crippen molar-refractivity contribution >= 4 is 17.8 Å². The quantitative estimate of drug-likeness (QED) is 0.487. The molecule has 0 aliphatic heterocycles. The fourth-order valence-corrected chi connectivity index (χ4v) is 1.61. The molecule has 1 aromatic rings. The maximum Gasteiger partial charge on any atom is 0.416 e. The van der Waals surface area contributed by atoms with Gasteiger partial charge in [0.05, 0.1) is 17.5 Å². The molecule has 0 saturated carbocycles. The Labute approximate surface area is 127 Å². The molecule has 0 fully saturated rings. The van der Waals surface area contributed by atoms with Crippen LogP contribution in [0.4, 0.5) is 13.2 Å². The number of nitrogens with zero attached hydrogens (tertiary/aromatic N) is 3. The number of halogens is 3. The monoisotopic (exact) mass is 313 g/mol. The van der Waals surface area contributed by atoms with Crippen LogP contribution in [0.2, 0.25) is 0 Å². The van der Waals surface area contributed by atoms with Gasteiger partial charge in [0.2, 0.25) is 0 Å². The van der Waals surface area contributed by atoms with Gasteiger partial charge in [0.15, 0.2) is 0 Å². The lowest BCUT2D eigenvalue weighted by Crippen LogP contribution is -2.12. The molecule has 0 bridgehead atoms. The van der Waals surface area contributed by atoms with E-state index >= 15 is 0 Å². The van der Waals surface area contributed by atoms with Gasteiger partial charge in [-0.3, -0.25) is 4.79 Å². The molecular formula is C15H18F3N3O. The summed E-state index contributed by atoms with van der Waals surface area (Å²) in [5.41, 5.74) is -0.544. The summed E-state index contributed by atoms with van der Waals surface area (Å²) in [5, 5.41) is 0. The summed E-state index contributed by atoms with van der Waals surface area (Å²) < 4.78 is 38.4. The molecule has 0 aromatic heterocycles. The van der Waals surface area contributed by atoms with Gasteiger partial charge in [0.25, 0.3) is 5.91 Å². The lowest BCUT2D eigenvalue weighted by Gasteiger charge is -2.12. The summed E-state index contributed by atoms with van der Waals surface area (Å²) in [7, 11) is 6.74. The first kappa shape index (κ1) is 17.7. The van der Waals surface area contributed by atoms with Gasteiger partial charge in [-0.2, -0.15) is 18.2 Å². The Hall–Kier alpha value is -2.31. The molecule has 0 radical (unpaired) electrons. The summed E-state index contributed by atoms with van der Waals surface area (Å²) in [5.74, 6) is -0.610. The molecule has 0 N–H and O–H groups in total. The van der Waals surface area contributed by atoms with Crippen molar-refractivity contribution in [1.82, 2.24) is 9.80 Å². The van der Waals surface area contributed by atoms with E-state index in [4.69, 9.17) is 0 Å². The molecule has 1 aromatic carbocycles. The Kier molecular flexibility index (Phi) is 5.73. The van der Waals surface area contributed by atoms with E-state index in [-0.39, 0.29) is 11.1 Å². The Morgan fingerprint density at radius 1 is 1.14 bits per heavy atom. The van der Waals surface area contributed by atoms with Crippen molar-refractivity contribution in [2.45, 2.75) is 6.18 Å². The van der Waals surface area contributed by atoms with Crippen LogP contribution >= 0.6 is 0 Å². The van der Waals surface area contributed by atoms with Gasteiger partial charge >= 0.3 is 6.18 Å². The van der Waals surface area contributed by atoms with Gasteiger partial charge in [0, 0.05) is 34.4 Å². The highest BCUT2D eigenvalue weighted by molar-refractivity contribution is 6.21. The van der Waals surface area contributed by atoms with E-state index in [0.29, 0.717) is 0 Å². The fraction of sp³-hybridized carbons (Fsp3) is 0.333. The van der Waals surface area contributed by atoms with Crippen molar-refractivity contribution in [1.29, 1.82) is 0 Å². The van der Waals surface area contributed by atoms with E-state index in [9.17, 15) is 18.0 Å². The van der Waals surface area contributed by atoms with Crippen LogP contribution in [0.25, 0.3) is 5.57 Å². The van der Waals surface area contributed by atoms with Crippen LogP contribution in [-0.2, 0) is 11.0 Å². The molecule has 4 nitrogen and oxygen atoms in total. The molecule has 0 spiro atoms. The highest BCUT2D eigenvalue weighted by Gasteiger charge is 2.31. The largest absolute Gasteiger partial charge is 0.416 e. The normalized spacial score (nSPS) is 12.6. The van der Waals surface area contributed by atoms with Crippen molar-refractivity contribution in [2.24, 2.45) is 4.99 Å². The van der Waals surface area contributed by atoms with E-state index < -0.39 is 17.6 Å². The van der Waals surface area contributed by atoms with Gasteiger partial charge in [-0.1, -0.05) is 12.1 Å². The average Bonchev–Trinajstić information content (AvgIpc) is 2.41.